The maximum atomic E-state index is 12.9. The number of ketones is 1. The van der Waals surface area contributed by atoms with E-state index in [2.05, 4.69) is 5.32 Å². The third-order valence-electron chi connectivity index (χ3n) is 4.62. The second-order valence-corrected chi connectivity index (χ2v) is 6.50. The molecule has 0 saturated heterocycles. The molecular weight excluding hydrogens is 324 g/mol. The summed E-state index contributed by atoms with van der Waals surface area (Å²) in [5, 5.41) is 2.91. The number of anilines is 2. The Morgan fingerprint density at radius 3 is 2.31 bits per heavy atom. The van der Waals surface area contributed by atoms with Crippen LogP contribution in [0, 0.1) is 0 Å². The van der Waals surface area contributed by atoms with Crippen molar-refractivity contribution >= 4 is 23.1 Å². The normalized spacial score (nSPS) is 11.7. The minimum Gasteiger partial charge on any atom is -0.378 e. The first kappa shape index (κ1) is 16.1. The molecule has 128 valence electrons. The quantitative estimate of drug-likeness (QED) is 0.606. The highest BCUT2D eigenvalue weighted by Crippen LogP contribution is 2.38. The van der Waals surface area contributed by atoms with Gasteiger partial charge in [0, 0.05) is 36.6 Å². The van der Waals surface area contributed by atoms with E-state index in [0.29, 0.717) is 22.4 Å². The van der Waals surface area contributed by atoms with E-state index in [4.69, 9.17) is 0 Å². The average Bonchev–Trinajstić information content (AvgIpc) is 2.95. The molecule has 3 aromatic rings. The molecule has 4 nitrogen and oxygen atoms in total. The predicted molar refractivity (Wildman–Crippen MR) is 104 cm³/mol. The molecule has 0 fully saturated rings. The maximum Gasteiger partial charge on any atom is 0.256 e. The molecule has 0 aliphatic heterocycles. The van der Waals surface area contributed by atoms with Gasteiger partial charge in [-0.1, -0.05) is 42.5 Å². The van der Waals surface area contributed by atoms with Gasteiger partial charge < -0.3 is 10.2 Å². The molecule has 3 aromatic carbocycles. The highest BCUT2D eigenvalue weighted by Gasteiger charge is 2.30. The fraction of sp³-hybridized carbons (Fsp3) is 0.0909. The van der Waals surface area contributed by atoms with Crippen LogP contribution in [0.3, 0.4) is 0 Å². The molecule has 0 spiro atoms. The van der Waals surface area contributed by atoms with Crippen molar-refractivity contribution in [3.8, 4) is 11.1 Å². The topological polar surface area (TPSA) is 49.4 Å². The number of fused-ring (bicyclic) bond motifs is 3. The molecule has 0 radical (unpaired) electrons. The van der Waals surface area contributed by atoms with Gasteiger partial charge in [-0.2, -0.15) is 0 Å². The number of nitrogens with one attached hydrogen (secondary N) is 1. The molecule has 4 heteroatoms. The first-order valence-electron chi connectivity index (χ1n) is 8.42. The Labute approximate surface area is 152 Å². The molecule has 0 aromatic heterocycles. The Morgan fingerprint density at radius 1 is 0.846 bits per heavy atom. The Bertz CT molecular complexity index is 1040. The number of hydrogen-bond acceptors (Lipinski definition) is 3. The summed E-state index contributed by atoms with van der Waals surface area (Å²) in [6.07, 6.45) is 0. The highest BCUT2D eigenvalue weighted by molar-refractivity contribution is 6.26. The van der Waals surface area contributed by atoms with E-state index in [1.165, 1.54) is 0 Å². The number of amides is 1. The van der Waals surface area contributed by atoms with Crippen molar-refractivity contribution in [2.75, 3.05) is 24.3 Å². The first-order chi connectivity index (χ1) is 12.6. The highest BCUT2D eigenvalue weighted by atomic mass is 16.2. The lowest BCUT2D eigenvalue weighted by molar-refractivity contribution is 0.0999. The predicted octanol–water partition coefficient (Wildman–Crippen LogP) is 4.22. The van der Waals surface area contributed by atoms with Crippen molar-refractivity contribution in [3.63, 3.8) is 0 Å². The van der Waals surface area contributed by atoms with Crippen LogP contribution in [0.25, 0.3) is 11.1 Å². The number of hydrogen-bond donors (Lipinski definition) is 1. The van der Waals surface area contributed by atoms with Gasteiger partial charge in [0.15, 0.2) is 5.78 Å². The SMILES string of the molecule is CN(C)c1cccc(NC(=O)c2cccc3c2C(=O)c2ccccc2-3)c1. The molecule has 0 saturated carbocycles. The van der Waals surface area contributed by atoms with Crippen molar-refractivity contribution in [3.05, 3.63) is 83.4 Å². The first-order valence-corrected chi connectivity index (χ1v) is 8.42. The largest absolute Gasteiger partial charge is 0.378 e. The standard InChI is InChI=1S/C22H18N2O2/c1-24(2)15-8-5-7-14(13-15)23-22(26)19-12-6-11-17-16-9-3-4-10-18(16)21(25)20(17)19/h3-13H,1-2H3,(H,23,26). The summed E-state index contributed by atoms with van der Waals surface area (Å²) in [6.45, 7) is 0. The van der Waals surface area contributed by atoms with Crippen molar-refractivity contribution in [1.29, 1.82) is 0 Å². The zero-order chi connectivity index (χ0) is 18.3. The van der Waals surface area contributed by atoms with Crippen LogP contribution >= 0.6 is 0 Å². The van der Waals surface area contributed by atoms with Crippen molar-refractivity contribution in [2.24, 2.45) is 0 Å². The summed E-state index contributed by atoms with van der Waals surface area (Å²) in [6, 6.07) is 20.5. The molecule has 0 bridgehead atoms. The summed E-state index contributed by atoms with van der Waals surface area (Å²) < 4.78 is 0. The van der Waals surface area contributed by atoms with Crippen LogP contribution in [0.15, 0.2) is 66.7 Å². The van der Waals surface area contributed by atoms with Gasteiger partial charge >= 0.3 is 0 Å². The van der Waals surface area contributed by atoms with Crippen LogP contribution in [0.2, 0.25) is 0 Å². The summed E-state index contributed by atoms with van der Waals surface area (Å²) in [5.41, 5.74) is 4.93. The van der Waals surface area contributed by atoms with Crippen molar-refractivity contribution in [1.82, 2.24) is 0 Å². The van der Waals surface area contributed by atoms with Gasteiger partial charge in [0.1, 0.15) is 0 Å². The van der Waals surface area contributed by atoms with Gasteiger partial charge in [-0.05, 0) is 35.4 Å². The van der Waals surface area contributed by atoms with E-state index in [1.54, 1.807) is 12.1 Å². The number of rotatable bonds is 3. The number of benzene rings is 3. The molecular formula is C22H18N2O2. The van der Waals surface area contributed by atoms with E-state index in [-0.39, 0.29) is 11.7 Å². The van der Waals surface area contributed by atoms with Gasteiger partial charge in [0.25, 0.3) is 5.91 Å². The molecule has 0 atom stereocenters. The van der Waals surface area contributed by atoms with Crippen LogP contribution in [-0.2, 0) is 0 Å². The van der Waals surface area contributed by atoms with Crippen LogP contribution in [-0.4, -0.2) is 25.8 Å². The lowest BCUT2D eigenvalue weighted by Gasteiger charge is -2.14. The third-order valence-corrected chi connectivity index (χ3v) is 4.62. The van der Waals surface area contributed by atoms with Gasteiger partial charge in [-0.3, -0.25) is 9.59 Å². The second kappa shape index (κ2) is 6.15. The fourth-order valence-electron chi connectivity index (χ4n) is 3.32. The Balaban J connectivity index is 1.71. The Morgan fingerprint density at radius 2 is 1.54 bits per heavy atom. The van der Waals surface area contributed by atoms with E-state index in [1.807, 2.05) is 73.6 Å². The van der Waals surface area contributed by atoms with Crippen LogP contribution in [0.1, 0.15) is 26.3 Å². The van der Waals surface area contributed by atoms with Crippen LogP contribution in [0.4, 0.5) is 11.4 Å². The summed E-state index contributed by atoms with van der Waals surface area (Å²) >= 11 is 0. The smallest absolute Gasteiger partial charge is 0.256 e. The van der Waals surface area contributed by atoms with Crippen LogP contribution < -0.4 is 10.2 Å². The number of carbonyl (C=O) groups excluding carboxylic acids is 2. The summed E-state index contributed by atoms with van der Waals surface area (Å²) in [7, 11) is 3.89. The molecule has 4 rings (SSSR count). The minimum atomic E-state index is -0.279. The van der Waals surface area contributed by atoms with Gasteiger partial charge in [-0.25, -0.2) is 0 Å². The lowest BCUT2D eigenvalue weighted by Crippen LogP contribution is -2.16. The molecule has 1 amide bonds. The van der Waals surface area contributed by atoms with E-state index >= 15 is 0 Å². The molecule has 0 heterocycles. The Kier molecular flexibility index (Phi) is 3.81. The van der Waals surface area contributed by atoms with Crippen molar-refractivity contribution in [2.45, 2.75) is 0 Å². The minimum absolute atomic E-state index is 0.0941. The number of nitrogens with zero attached hydrogens (tertiary/aromatic N) is 1. The van der Waals surface area contributed by atoms with Crippen LogP contribution in [0.5, 0.6) is 0 Å². The van der Waals surface area contributed by atoms with E-state index < -0.39 is 0 Å². The van der Waals surface area contributed by atoms with Crippen molar-refractivity contribution < 1.29 is 9.59 Å². The van der Waals surface area contributed by atoms with Gasteiger partial charge in [0.05, 0.1) is 5.56 Å². The fourth-order valence-corrected chi connectivity index (χ4v) is 3.32. The Hall–Kier alpha value is -3.40. The zero-order valence-corrected chi connectivity index (χ0v) is 14.6. The monoisotopic (exact) mass is 342 g/mol. The summed E-state index contributed by atoms with van der Waals surface area (Å²) in [5.74, 6) is -0.373. The summed E-state index contributed by atoms with van der Waals surface area (Å²) in [4.78, 5) is 27.7. The van der Waals surface area contributed by atoms with Gasteiger partial charge in [0.2, 0.25) is 0 Å². The third kappa shape index (κ3) is 2.56. The van der Waals surface area contributed by atoms with E-state index in [9.17, 15) is 9.59 Å². The number of carbonyl (C=O) groups is 2. The molecule has 26 heavy (non-hydrogen) atoms. The maximum absolute atomic E-state index is 12.9. The molecule has 1 N–H and O–H groups in total. The molecule has 1 aliphatic carbocycles. The zero-order valence-electron chi connectivity index (χ0n) is 14.6. The average molecular weight is 342 g/mol. The van der Waals surface area contributed by atoms with Gasteiger partial charge in [-0.15, -0.1) is 0 Å². The van der Waals surface area contributed by atoms with E-state index in [0.717, 1.165) is 16.8 Å². The lowest BCUT2D eigenvalue weighted by atomic mass is 10.00. The molecule has 1 aliphatic rings. The second-order valence-electron chi connectivity index (χ2n) is 6.50. The molecule has 0 unspecified atom stereocenters.